The van der Waals surface area contributed by atoms with Gasteiger partial charge >= 0.3 is 0 Å². The number of thioether (sulfide) groups is 1. The molecule has 0 spiro atoms. The first-order chi connectivity index (χ1) is 7.66. The number of hydrogen-bond donors (Lipinski definition) is 2. The zero-order chi connectivity index (χ0) is 11.5. The average Bonchev–Trinajstić information content (AvgIpc) is 2.28. The largest absolute Gasteiger partial charge is 0.323 e. The molecule has 0 aliphatic carbocycles. The monoisotopic (exact) mass is 243 g/mol. The van der Waals surface area contributed by atoms with Crippen molar-refractivity contribution >= 4 is 29.5 Å². The SMILES string of the molecule is O=C1CN(C(=O)C2CSCCN2)CC(=O)N1. The minimum absolute atomic E-state index is 0.0204. The van der Waals surface area contributed by atoms with E-state index in [2.05, 4.69) is 10.6 Å². The van der Waals surface area contributed by atoms with E-state index in [1.807, 2.05) is 0 Å². The highest BCUT2D eigenvalue weighted by molar-refractivity contribution is 7.99. The number of amides is 3. The first kappa shape index (κ1) is 11.4. The third kappa shape index (κ3) is 2.53. The number of piperazine rings is 1. The van der Waals surface area contributed by atoms with Gasteiger partial charge in [0, 0.05) is 18.1 Å². The van der Waals surface area contributed by atoms with E-state index in [0.29, 0.717) is 5.75 Å². The van der Waals surface area contributed by atoms with Crippen LogP contribution < -0.4 is 10.6 Å². The first-order valence-electron chi connectivity index (χ1n) is 5.09. The van der Waals surface area contributed by atoms with Gasteiger partial charge in [0.2, 0.25) is 17.7 Å². The van der Waals surface area contributed by atoms with Gasteiger partial charge in [-0.05, 0) is 0 Å². The summed E-state index contributed by atoms with van der Waals surface area (Å²) in [6, 6.07) is -0.266. The maximum absolute atomic E-state index is 12.0. The van der Waals surface area contributed by atoms with E-state index in [4.69, 9.17) is 0 Å². The Bertz CT molecular complexity index is 312. The van der Waals surface area contributed by atoms with Crippen molar-refractivity contribution in [3.8, 4) is 0 Å². The van der Waals surface area contributed by atoms with Crippen LogP contribution in [0.3, 0.4) is 0 Å². The van der Waals surface area contributed by atoms with Crippen LogP contribution in [0, 0.1) is 0 Å². The predicted octanol–water partition coefficient (Wildman–Crippen LogP) is -1.82. The van der Waals surface area contributed by atoms with Gasteiger partial charge in [-0.15, -0.1) is 0 Å². The topological polar surface area (TPSA) is 78.5 Å². The highest BCUT2D eigenvalue weighted by Crippen LogP contribution is 2.10. The second-order valence-electron chi connectivity index (χ2n) is 3.75. The zero-order valence-corrected chi connectivity index (χ0v) is 9.51. The molecular weight excluding hydrogens is 230 g/mol. The molecule has 1 atom stereocenters. The average molecular weight is 243 g/mol. The van der Waals surface area contributed by atoms with Gasteiger partial charge in [-0.2, -0.15) is 11.8 Å². The van der Waals surface area contributed by atoms with E-state index in [1.54, 1.807) is 11.8 Å². The number of carbonyl (C=O) groups is 3. The maximum Gasteiger partial charge on any atom is 0.246 e. The molecule has 2 heterocycles. The predicted molar refractivity (Wildman–Crippen MR) is 58.8 cm³/mol. The van der Waals surface area contributed by atoms with Crippen LogP contribution >= 0.6 is 11.8 Å². The number of hydrogen-bond acceptors (Lipinski definition) is 5. The van der Waals surface area contributed by atoms with Crippen LogP contribution in [0.2, 0.25) is 0 Å². The number of carbonyl (C=O) groups excluding carboxylic acids is 3. The molecule has 1 unspecified atom stereocenters. The summed E-state index contributed by atoms with van der Waals surface area (Å²) in [5, 5.41) is 5.26. The van der Waals surface area contributed by atoms with Crippen LogP contribution in [0.4, 0.5) is 0 Å². The molecule has 0 aromatic heterocycles. The van der Waals surface area contributed by atoms with E-state index in [1.165, 1.54) is 4.90 Å². The Labute approximate surface area is 97.1 Å². The molecule has 0 aromatic rings. The highest BCUT2D eigenvalue weighted by atomic mass is 32.2. The molecule has 0 aromatic carbocycles. The molecule has 3 amide bonds. The van der Waals surface area contributed by atoms with Crippen LogP contribution in [-0.2, 0) is 14.4 Å². The van der Waals surface area contributed by atoms with Gasteiger partial charge in [0.25, 0.3) is 0 Å². The number of rotatable bonds is 1. The molecule has 0 bridgehead atoms. The third-order valence-electron chi connectivity index (χ3n) is 2.48. The molecule has 7 heteroatoms. The maximum atomic E-state index is 12.0. The Morgan fingerprint density at radius 1 is 1.31 bits per heavy atom. The molecule has 2 aliphatic heterocycles. The van der Waals surface area contributed by atoms with Crippen molar-refractivity contribution in [2.24, 2.45) is 0 Å². The number of nitrogens with zero attached hydrogens (tertiary/aromatic N) is 1. The van der Waals surface area contributed by atoms with Crippen molar-refractivity contribution in [2.75, 3.05) is 31.1 Å². The fourth-order valence-electron chi connectivity index (χ4n) is 1.74. The van der Waals surface area contributed by atoms with Crippen molar-refractivity contribution in [1.82, 2.24) is 15.5 Å². The summed E-state index contributed by atoms with van der Waals surface area (Å²) in [5.41, 5.74) is 0. The summed E-state index contributed by atoms with van der Waals surface area (Å²) in [7, 11) is 0. The van der Waals surface area contributed by atoms with Crippen LogP contribution in [-0.4, -0.2) is 59.8 Å². The van der Waals surface area contributed by atoms with Crippen molar-refractivity contribution in [1.29, 1.82) is 0 Å². The quantitative estimate of drug-likeness (QED) is 0.530. The molecule has 6 nitrogen and oxygen atoms in total. The molecule has 2 fully saturated rings. The van der Waals surface area contributed by atoms with E-state index in [0.717, 1.165) is 12.3 Å². The normalized spacial score (nSPS) is 26.5. The van der Waals surface area contributed by atoms with Gasteiger partial charge in [-0.25, -0.2) is 0 Å². The van der Waals surface area contributed by atoms with Gasteiger partial charge in [0.15, 0.2) is 0 Å². The van der Waals surface area contributed by atoms with Crippen LogP contribution in [0.5, 0.6) is 0 Å². The van der Waals surface area contributed by atoms with Gasteiger partial charge < -0.3 is 10.2 Å². The van der Waals surface area contributed by atoms with E-state index in [9.17, 15) is 14.4 Å². The summed E-state index contributed by atoms with van der Waals surface area (Å²) >= 11 is 1.70. The van der Waals surface area contributed by atoms with Crippen molar-refractivity contribution in [2.45, 2.75) is 6.04 Å². The molecule has 2 rings (SSSR count). The fraction of sp³-hybridized carbons (Fsp3) is 0.667. The van der Waals surface area contributed by atoms with Gasteiger partial charge in [0.1, 0.15) is 13.1 Å². The zero-order valence-electron chi connectivity index (χ0n) is 8.69. The molecule has 16 heavy (non-hydrogen) atoms. The van der Waals surface area contributed by atoms with Crippen molar-refractivity contribution in [3.05, 3.63) is 0 Å². The summed E-state index contributed by atoms with van der Waals surface area (Å²) in [6.07, 6.45) is 0. The molecule has 2 N–H and O–H groups in total. The number of imide groups is 1. The van der Waals surface area contributed by atoms with E-state index in [-0.39, 0.29) is 25.0 Å². The van der Waals surface area contributed by atoms with Crippen LogP contribution in [0.15, 0.2) is 0 Å². The van der Waals surface area contributed by atoms with Crippen LogP contribution in [0.25, 0.3) is 0 Å². The van der Waals surface area contributed by atoms with E-state index >= 15 is 0 Å². The van der Waals surface area contributed by atoms with E-state index < -0.39 is 11.8 Å². The van der Waals surface area contributed by atoms with Crippen molar-refractivity contribution < 1.29 is 14.4 Å². The van der Waals surface area contributed by atoms with Gasteiger partial charge in [0.05, 0.1) is 6.04 Å². The Hall–Kier alpha value is -1.08. The molecule has 0 radical (unpaired) electrons. The smallest absolute Gasteiger partial charge is 0.246 e. The van der Waals surface area contributed by atoms with Gasteiger partial charge in [-0.1, -0.05) is 0 Å². The highest BCUT2D eigenvalue weighted by Gasteiger charge is 2.31. The lowest BCUT2D eigenvalue weighted by Gasteiger charge is -2.31. The lowest BCUT2D eigenvalue weighted by molar-refractivity contribution is -0.146. The fourth-order valence-corrected chi connectivity index (χ4v) is 2.66. The second kappa shape index (κ2) is 4.84. The molecule has 2 saturated heterocycles. The molecular formula is C9H13N3O3S. The Morgan fingerprint density at radius 3 is 2.56 bits per heavy atom. The number of nitrogens with one attached hydrogen (secondary N) is 2. The van der Waals surface area contributed by atoms with Gasteiger partial charge in [-0.3, -0.25) is 19.7 Å². The third-order valence-corrected chi connectivity index (χ3v) is 3.54. The summed E-state index contributed by atoms with van der Waals surface area (Å²) < 4.78 is 0. The lowest BCUT2D eigenvalue weighted by atomic mass is 10.2. The summed E-state index contributed by atoms with van der Waals surface area (Å²) in [6.45, 7) is 0.746. The first-order valence-corrected chi connectivity index (χ1v) is 6.25. The second-order valence-corrected chi connectivity index (χ2v) is 4.90. The van der Waals surface area contributed by atoms with Crippen LogP contribution in [0.1, 0.15) is 0 Å². The molecule has 0 saturated carbocycles. The molecule has 88 valence electrons. The Morgan fingerprint density at radius 2 is 2.00 bits per heavy atom. The van der Waals surface area contributed by atoms with Crippen molar-refractivity contribution in [3.63, 3.8) is 0 Å². The Balaban J connectivity index is 1.97. The lowest BCUT2D eigenvalue weighted by Crippen LogP contribution is -2.58. The Kier molecular flexibility index (Phi) is 3.45. The minimum Gasteiger partial charge on any atom is -0.323 e. The molecule has 2 aliphatic rings. The summed E-state index contributed by atoms with van der Waals surface area (Å²) in [4.78, 5) is 35.5. The summed E-state index contributed by atoms with van der Waals surface area (Å²) in [5.74, 6) is 0.713. The minimum atomic E-state index is -0.409. The standard InChI is InChI=1S/C9H13N3O3S/c13-7-3-12(4-8(14)11-7)9(15)6-5-16-2-1-10-6/h6,10H,1-5H2,(H,11,13,14).